The number of ether oxygens (including phenoxy) is 1. The van der Waals surface area contributed by atoms with E-state index in [1.54, 1.807) is 12.1 Å². The van der Waals surface area contributed by atoms with E-state index in [-0.39, 0.29) is 24.9 Å². The lowest BCUT2D eigenvalue weighted by Crippen LogP contribution is -2.15. The average Bonchev–Trinajstić information content (AvgIpc) is 3.10. The second-order valence-electron chi connectivity index (χ2n) is 6.72. The molecule has 0 aliphatic heterocycles. The van der Waals surface area contributed by atoms with Crippen molar-refractivity contribution in [2.24, 2.45) is 0 Å². The highest BCUT2D eigenvalue weighted by Crippen LogP contribution is 2.18. The molecule has 5 nitrogen and oxygen atoms in total. The van der Waals surface area contributed by atoms with Crippen molar-refractivity contribution in [1.82, 2.24) is 4.98 Å². The van der Waals surface area contributed by atoms with E-state index >= 15 is 0 Å². The van der Waals surface area contributed by atoms with E-state index in [2.05, 4.69) is 10.3 Å². The number of esters is 1. The molecule has 1 amide bonds. The van der Waals surface area contributed by atoms with Crippen molar-refractivity contribution in [2.75, 3.05) is 5.32 Å². The molecule has 3 rings (SSSR count). The maximum atomic E-state index is 12.3. The zero-order valence-corrected chi connectivity index (χ0v) is 16.9. The molecule has 2 aromatic carbocycles. The fourth-order valence-electron chi connectivity index (χ4n) is 2.61. The highest BCUT2D eigenvalue weighted by atomic mass is 32.1. The summed E-state index contributed by atoms with van der Waals surface area (Å²) < 4.78 is 5.30. The molecule has 0 aliphatic carbocycles. The summed E-state index contributed by atoms with van der Waals surface area (Å²) in [6.45, 7) is 5.99. The number of thiazole rings is 1. The van der Waals surface area contributed by atoms with Crippen LogP contribution in [-0.2, 0) is 22.6 Å². The number of carbonyl (C=O) groups excluding carboxylic acids is 2. The molecular weight excluding hydrogens is 372 g/mol. The molecule has 0 saturated carbocycles. The van der Waals surface area contributed by atoms with Crippen LogP contribution in [0.3, 0.4) is 0 Å². The van der Waals surface area contributed by atoms with Crippen molar-refractivity contribution in [3.05, 3.63) is 80.8 Å². The van der Waals surface area contributed by atoms with Crippen molar-refractivity contribution in [1.29, 1.82) is 0 Å². The molecule has 0 saturated heterocycles. The SMILES string of the molecule is Cc1ccc(C(=O)OCc2csc(CC(=O)Nc3cc(C)ccc3C)n2)cc1. The van der Waals surface area contributed by atoms with Crippen LogP contribution in [0.4, 0.5) is 5.69 Å². The minimum Gasteiger partial charge on any atom is -0.456 e. The third-order valence-corrected chi connectivity index (χ3v) is 5.11. The molecule has 144 valence electrons. The number of nitrogens with one attached hydrogen (secondary N) is 1. The molecule has 1 aromatic heterocycles. The first-order valence-electron chi connectivity index (χ1n) is 8.95. The molecule has 0 aliphatic rings. The van der Waals surface area contributed by atoms with Gasteiger partial charge < -0.3 is 10.1 Å². The Balaban J connectivity index is 1.53. The molecule has 0 bridgehead atoms. The van der Waals surface area contributed by atoms with Crippen LogP contribution in [0, 0.1) is 20.8 Å². The van der Waals surface area contributed by atoms with E-state index in [1.165, 1.54) is 11.3 Å². The zero-order chi connectivity index (χ0) is 20.1. The van der Waals surface area contributed by atoms with Crippen LogP contribution in [0.15, 0.2) is 47.8 Å². The number of anilines is 1. The average molecular weight is 394 g/mol. The van der Waals surface area contributed by atoms with E-state index in [0.29, 0.717) is 16.3 Å². The molecule has 3 aromatic rings. The van der Waals surface area contributed by atoms with Crippen molar-refractivity contribution in [3.8, 4) is 0 Å². The highest BCUT2D eigenvalue weighted by Gasteiger charge is 2.12. The van der Waals surface area contributed by atoms with Gasteiger partial charge in [-0.3, -0.25) is 4.79 Å². The summed E-state index contributed by atoms with van der Waals surface area (Å²) in [4.78, 5) is 28.8. The number of aryl methyl sites for hydroxylation is 3. The molecule has 1 heterocycles. The molecular formula is C22H22N2O3S. The van der Waals surface area contributed by atoms with Gasteiger partial charge in [0.2, 0.25) is 5.91 Å². The Kier molecular flexibility index (Phi) is 6.21. The maximum Gasteiger partial charge on any atom is 0.338 e. The molecule has 0 unspecified atom stereocenters. The van der Waals surface area contributed by atoms with Crippen LogP contribution in [-0.4, -0.2) is 16.9 Å². The van der Waals surface area contributed by atoms with Crippen molar-refractivity contribution in [2.45, 2.75) is 33.8 Å². The summed E-state index contributed by atoms with van der Waals surface area (Å²) in [5.41, 5.74) is 5.15. The summed E-state index contributed by atoms with van der Waals surface area (Å²) in [6, 6.07) is 13.2. The van der Waals surface area contributed by atoms with Gasteiger partial charge in [0.05, 0.1) is 17.7 Å². The second kappa shape index (κ2) is 8.80. The maximum absolute atomic E-state index is 12.3. The van der Waals surface area contributed by atoms with Gasteiger partial charge in [0, 0.05) is 11.1 Å². The molecule has 28 heavy (non-hydrogen) atoms. The van der Waals surface area contributed by atoms with E-state index in [9.17, 15) is 9.59 Å². The monoisotopic (exact) mass is 394 g/mol. The normalized spacial score (nSPS) is 10.5. The first-order valence-corrected chi connectivity index (χ1v) is 9.83. The van der Waals surface area contributed by atoms with Gasteiger partial charge in [0.1, 0.15) is 11.6 Å². The fourth-order valence-corrected chi connectivity index (χ4v) is 3.39. The van der Waals surface area contributed by atoms with Crippen LogP contribution in [0.25, 0.3) is 0 Å². The Morgan fingerprint density at radius 3 is 2.50 bits per heavy atom. The first-order chi connectivity index (χ1) is 13.4. The summed E-state index contributed by atoms with van der Waals surface area (Å²) in [5.74, 6) is -0.506. The Morgan fingerprint density at radius 1 is 1.04 bits per heavy atom. The van der Waals surface area contributed by atoms with Crippen molar-refractivity contribution >= 4 is 28.9 Å². The van der Waals surface area contributed by atoms with Crippen LogP contribution in [0.2, 0.25) is 0 Å². The van der Waals surface area contributed by atoms with Gasteiger partial charge in [-0.15, -0.1) is 11.3 Å². The summed E-state index contributed by atoms with van der Waals surface area (Å²) in [6.07, 6.45) is 0.184. The Labute approximate surface area is 168 Å². The standard InChI is InChI=1S/C22H22N2O3S/c1-14-5-8-17(9-6-14)22(26)27-12-18-13-28-21(23-18)11-20(25)24-19-10-15(2)4-7-16(19)3/h4-10,13H,11-12H2,1-3H3,(H,24,25). The largest absolute Gasteiger partial charge is 0.456 e. The zero-order valence-electron chi connectivity index (χ0n) is 16.1. The van der Waals surface area contributed by atoms with Gasteiger partial charge in [0.15, 0.2) is 0 Å². The predicted octanol–water partition coefficient (Wildman–Crippen LogP) is 4.61. The van der Waals surface area contributed by atoms with Gasteiger partial charge in [0.25, 0.3) is 0 Å². The van der Waals surface area contributed by atoms with E-state index in [1.807, 2.05) is 56.5 Å². The molecule has 0 spiro atoms. The van der Waals surface area contributed by atoms with E-state index in [0.717, 1.165) is 22.4 Å². The van der Waals surface area contributed by atoms with Gasteiger partial charge in [-0.1, -0.05) is 29.8 Å². The number of benzene rings is 2. The molecule has 0 fully saturated rings. The van der Waals surface area contributed by atoms with Gasteiger partial charge in [-0.2, -0.15) is 0 Å². The predicted molar refractivity (Wildman–Crippen MR) is 111 cm³/mol. The lowest BCUT2D eigenvalue weighted by atomic mass is 10.1. The number of hydrogen-bond acceptors (Lipinski definition) is 5. The third kappa shape index (κ3) is 5.27. The lowest BCUT2D eigenvalue weighted by molar-refractivity contribution is -0.115. The third-order valence-electron chi connectivity index (χ3n) is 4.22. The van der Waals surface area contributed by atoms with E-state index in [4.69, 9.17) is 4.74 Å². The summed E-state index contributed by atoms with van der Waals surface area (Å²) >= 11 is 1.38. The van der Waals surface area contributed by atoms with Crippen LogP contribution < -0.4 is 5.32 Å². The van der Waals surface area contributed by atoms with Crippen LogP contribution >= 0.6 is 11.3 Å². The van der Waals surface area contributed by atoms with Crippen LogP contribution in [0.5, 0.6) is 0 Å². The second-order valence-corrected chi connectivity index (χ2v) is 7.66. The molecule has 0 atom stereocenters. The van der Waals surface area contributed by atoms with Gasteiger partial charge in [-0.25, -0.2) is 9.78 Å². The number of hydrogen-bond donors (Lipinski definition) is 1. The Morgan fingerprint density at radius 2 is 1.75 bits per heavy atom. The van der Waals surface area contributed by atoms with Gasteiger partial charge in [-0.05, 0) is 50.1 Å². The Bertz CT molecular complexity index is 993. The summed E-state index contributed by atoms with van der Waals surface area (Å²) in [5, 5.41) is 5.42. The summed E-state index contributed by atoms with van der Waals surface area (Å²) in [7, 11) is 0. The number of carbonyl (C=O) groups is 2. The number of rotatable bonds is 6. The molecule has 1 N–H and O–H groups in total. The van der Waals surface area contributed by atoms with Crippen molar-refractivity contribution in [3.63, 3.8) is 0 Å². The minimum atomic E-state index is -0.387. The number of nitrogens with zero attached hydrogens (tertiary/aromatic N) is 1. The highest BCUT2D eigenvalue weighted by molar-refractivity contribution is 7.09. The van der Waals surface area contributed by atoms with Crippen LogP contribution in [0.1, 0.15) is 37.7 Å². The minimum absolute atomic E-state index is 0.0851. The topological polar surface area (TPSA) is 68.3 Å². The smallest absolute Gasteiger partial charge is 0.338 e. The number of amides is 1. The van der Waals surface area contributed by atoms with Gasteiger partial charge >= 0.3 is 5.97 Å². The lowest BCUT2D eigenvalue weighted by Gasteiger charge is -2.08. The Hall–Kier alpha value is -2.99. The van der Waals surface area contributed by atoms with E-state index < -0.39 is 0 Å². The molecule has 6 heteroatoms. The van der Waals surface area contributed by atoms with Crippen molar-refractivity contribution < 1.29 is 14.3 Å². The molecule has 0 radical (unpaired) electrons. The fraction of sp³-hybridized carbons (Fsp3) is 0.227. The number of aromatic nitrogens is 1. The first kappa shape index (κ1) is 19.8. The quantitative estimate of drug-likeness (QED) is 0.620.